The standard InChI is InChI=1S/C19H24O7/c1-8-6-7-12-13(8)15-14(9(2)18(22)26-15)16(24-10(3)20)17(19(12,5)23)25-11(4)21/h6,12-17,23H,2,7H2,1,3-5H3. The van der Waals surface area contributed by atoms with Gasteiger partial charge in [-0.15, -0.1) is 0 Å². The number of aliphatic hydroxyl groups is 1. The quantitative estimate of drug-likeness (QED) is 0.341. The molecular weight excluding hydrogens is 340 g/mol. The fourth-order valence-corrected chi connectivity index (χ4v) is 4.72. The van der Waals surface area contributed by atoms with Crippen molar-refractivity contribution in [2.75, 3.05) is 0 Å². The van der Waals surface area contributed by atoms with Crippen LogP contribution in [0.2, 0.25) is 0 Å². The first-order valence-corrected chi connectivity index (χ1v) is 8.69. The van der Waals surface area contributed by atoms with Crippen LogP contribution in [0.3, 0.4) is 0 Å². The van der Waals surface area contributed by atoms with Crippen LogP contribution in [0.15, 0.2) is 23.8 Å². The van der Waals surface area contributed by atoms with Crippen molar-refractivity contribution in [2.45, 2.75) is 58.0 Å². The van der Waals surface area contributed by atoms with Crippen LogP contribution in [0, 0.1) is 17.8 Å². The molecule has 1 N–H and O–H groups in total. The molecule has 3 aliphatic rings. The number of esters is 3. The lowest BCUT2D eigenvalue weighted by atomic mass is 9.75. The second-order valence-corrected chi connectivity index (χ2v) is 7.57. The molecule has 2 aliphatic carbocycles. The molecule has 1 heterocycles. The zero-order chi connectivity index (χ0) is 19.4. The Morgan fingerprint density at radius 2 is 1.88 bits per heavy atom. The molecule has 1 saturated carbocycles. The number of rotatable bonds is 2. The molecular formula is C19H24O7. The Labute approximate surface area is 152 Å². The highest BCUT2D eigenvalue weighted by molar-refractivity contribution is 5.91. The molecule has 0 bridgehead atoms. The van der Waals surface area contributed by atoms with Crippen molar-refractivity contribution in [3.8, 4) is 0 Å². The van der Waals surface area contributed by atoms with Crippen LogP contribution in [-0.2, 0) is 28.6 Å². The minimum absolute atomic E-state index is 0.162. The molecule has 0 radical (unpaired) electrons. The van der Waals surface area contributed by atoms with Gasteiger partial charge in [0.05, 0.1) is 5.92 Å². The Morgan fingerprint density at radius 3 is 2.46 bits per heavy atom. The lowest BCUT2D eigenvalue weighted by Crippen LogP contribution is -2.55. The van der Waals surface area contributed by atoms with Gasteiger partial charge in [0.1, 0.15) is 11.7 Å². The topological polar surface area (TPSA) is 99.1 Å². The van der Waals surface area contributed by atoms with E-state index in [1.54, 1.807) is 6.92 Å². The molecule has 1 saturated heterocycles. The molecule has 3 rings (SSSR count). The van der Waals surface area contributed by atoms with Gasteiger partial charge < -0.3 is 19.3 Å². The van der Waals surface area contributed by atoms with Crippen molar-refractivity contribution < 1.29 is 33.7 Å². The number of fused-ring (bicyclic) bond motifs is 3. The maximum absolute atomic E-state index is 12.2. The Balaban J connectivity index is 2.16. The third-order valence-corrected chi connectivity index (χ3v) is 5.84. The largest absolute Gasteiger partial charge is 0.458 e. The van der Waals surface area contributed by atoms with E-state index in [0.29, 0.717) is 6.42 Å². The van der Waals surface area contributed by atoms with E-state index in [-0.39, 0.29) is 17.4 Å². The van der Waals surface area contributed by atoms with Crippen LogP contribution in [0.5, 0.6) is 0 Å². The van der Waals surface area contributed by atoms with Crippen LogP contribution in [0.1, 0.15) is 34.1 Å². The van der Waals surface area contributed by atoms with Crippen LogP contribution < -0.4 is 0 Å². The van der Waals surface area contributed by atoms with Gasteiger partial charge in [-0.2, -0.15) is 0 Å². The van der Waals surface area contributed by atoms with E-state index in [0.717, 1.165) is 5.57 Å². The first kappa shape index (κ1) is 18.6. The zero-order valence-electron chi connectivity index (χ0n) is 15.4. The third kappa shape index (κ3) is 2.74. The molecule has 0 amide bonds. The van der Waals surface area contributed by atoms with Crippen LogP contribution in [-0.4, -0.2) is 46.9 Å². The fourth-order valence-electron chi connectivity index (χ4n) is 4.72. The molecule has 0 aromatic carbocycles. The number of ether oxygens (including phenoxy) is 3. The predicted molar refractivity (Wildman–Crippen MR) is 89.6 cm³/mol. The minimum Gasteiger partial charge on any atom is -0.458 e. The Morgan fingerprint density at radius 1 is 1.27 bits per heavy atom. The zero-order valence-corrected chi connectivity index (χ0v) is 15.4. The maximum atomic E-state index is 12.2. The van der Waals surface area contributed by atoms with Crippen molar-refractivity contribution in [1.82, 2.24) is 0 Å². The highest BCUT2D eigenvalue weighted by Crippen LogP contribution is 2.53. The van der Waals surface area contributed by atoms with Crippen molar-refractivity contribution in [3.63, 3.8) is 0 Å². The smallest absolute Gasteiger partial charge is 0.334 e. The average molecular weight is 364 g/mol. The van der Waals surface area contributed by atoms with Gasteiger partial charge in [0.25, 0.3) is 0 Å². The molecule has 7 unspecified atom stereocenters. The summed E-state index contributed by atoms with van der Waals surface area (Å²) in [6.07, 6.45) is -0.297. The van der Waals surface area contributed by atoms with Gasteiger partial charge in [0, 0.05) is 31.3 Å². The molecule has 142 valence electrons. The summed E-state index contributed by atoms with van der Waals surface area (Å²) in [7, 11) is 0. The Hall–Kier alpha value is -2.15. The molecule has 1 aliphatic heterocycles. The van der Waals surface area contributed by atoms with E-state index < -0.39 is 47.7 Å². The average Bonchev–Trinajstić information content (AvgIpc) is 3.01. The lowest BCUT2D eigenvalue weighted by Gasteiger charge is -2.40. The van der Waals surface area contributed by atoms with Crippen molar-refractivity contribution in [3.05, 3.63) is 23.8 Å². The van der Waals surface area contributed by atoms with Gasteiger partial charge in [0.2, 0.25) is 0 Å². The molecule has 0 spiro atoms. The van der Waals surface area contributed by atoms with Crippen LogP contribution in [0.25, 0.3) is 0 Å². The van der Waals surface area contributed by atoms with E-state index >= 15 is 0 Å². The predicted octanol–water partition coefficient (Wildman–Crippen LogP) is 1.29. The molecule has 0 aromatic heterocycles. The maximum Gasteiger partial charge on any atom is 0.334 e. The minimum atomic E-state index is -1.48. The summed E-state index contributed by atoms with van der Waals surface area (Å²) in [6.45, 7) is 9.76. The summed E-state index contributed by atoms with van der Waals surface area (Å²) in [5.74, 6) is -3.08. The molecule has 2 fully saturated rings. The normalized spacial score (nSPS) is 41.5. The number of carbonyl (C=O) groups excluding carboxylic acids is 3. The van der Waals surface area contributed by atoms with Gasteiger partial charge in [-0.3, -0.25) is 9.59 Å². The van der Waals surface area contributed by atoms with E-state index in [1.807, 2.05) is 13.0 Å². The van der Waals surface area contributed by atoms with Gasteiger partial charge in [0.15, 0.2) is 12.2 Å². The fraction of sp³-hybridized carbons (Fsp3) is 0.632. The first-order chi connectivity index (χ1) is 12.1. The Kier molecular flexibility index (Phi) is 4.46. The van der Waals surface area contributed by atoms with E-state index in [2.05, 4.69) is 6.58 Å². The first-order valence-electron chi connectivity index (χ1n) is 8.69. The monoisotopic (exact) mass is 364 g/mol. The molecule has 7 nitrogen and oxygen atoms in total. The molecule has 7 atom stereocenters. The molecule has 26 heavy (non-hydrogen) atoms. The highest BCUT2D eigenvalue weighted by atomic mass is 16.6. The SMILES string of the molecule is C=C1C(=O)OC2C1C(OC(C)=O)C(OC(C)=O)C(C)(O)C1CC=C(C)C21. The summed E-state index contributed by atoms with van der Waals surface area (Å²) in [5, 5.41) is 11.4. The van der Waals surface area contributed by atoms with Gasteiger partial charge >= 0.3 is 17.9 Å². The summed E-state index contributed by atoms with van der Waals surface area (Å²) < 4.78 is 16.5. The Bertz CT molecular complexity index is 705. The summed E-state index contributed by atoms with van der Waals surface area (Å²) >= 11 is 0. The third-order valence-electron chi connectivity index (χ3n) is 5.84. The van der Waals surface area contributed by atoms with Crippen LogP contribution >= 0.6 is 0 Å². The van der Waals surface area contributed by atoms with Crippen molar-refractivity contribution >= 4 is 17.9 Å². The van der Waals surface area contributed by atoms with Crippen LogP contribution in [0.4, 0.5) is 0 Å². The number of carbonyl (C=O) groups is 3. The van der Waals surface area contributed by atoms with Gasteiger partial charge in [-0.25, -0.2) is 4.79 Å². The number of hydrogen-bond acceptors (Lipinski definition) is 7. The molecule has 7 heteroatoms. The number of allylic oxidation sites excluding steroid dienone is 1. The lowest BCUT2D eigenvalue weighted by molar-refractivity contribution is -0.196. The summed E-state index contributed by atoms with van der Waals surface area (Å²) in [6, 6.07) is 0. The second kappa shape index (κ2) is 6.23. The van der Waals surface area contributed by atoms with Crippen molar-refractivity contribution in [1.29, 1.82) is 0 Å². The van der Waals surface area contributed by atoms with E-state index in [9.17, 15) is 19.5 Å². The van der Waals surface area contributed by atoms with E-state index in [1.165, 1.54) is 13.8 Å². The number of hydrogen-bond donors (Lipinski definition) is 1. The second-order valence-electron chi connectivity index (χ2n) is 7.57. The van der Waals surface area contributed by atoms with Gasteiger partial charge in [-0.1, -0.05) is 18.2 Å². The molecule has 0 aromatic rings. The summed E-state index contributed by atoms with van der Waals surface area (Å²) in [4.78, 5) is 35.7. The summed E-state index contributed by atoms with van der Waals surface area (Å²) in [5.41, 5.74) is -0.339. The highest BCUT2D eigenvalue weighted by Gasteiger charge is 2.64. The van der Waals surface area contributed by atoms with Crippen molar-refractivity contribution in [2.24, 2.45) is 17.8 Å². The van der Waals surface area contributed by atoms with E-state index in [4.69, 9.17) is 14.2 Å². The van der Waals surface area contributed by atoms with Gasteiger partial charge in [-0.05, 0) is 20.3 Å².